The van der Waals surface area contributed by atoms with Crippen LogP contribution in [-0.4, -0.2) is 57.0 Å². The first-order valence-corrected chi connectivity index (χ1v) is 10.2. The van der Waals surface area contributed by atoms with E-state index in [2.05, 4.69) is 42.3 Å². The molecule has 0 radical (unpaired) electrons. The van der Waals surface area contributed by atoms with Gasteiger partial charge in [-0.1, -0.05) is 24.3 Å². The van der Waals surface area contributed by atoms with E-state index in [1.165, 1.54) is 5.56 Å². The van der Waals surface area contributed by atoms with Gasteiger partial charge in [-0.3, -0.25) is 14.7 Å². The third-order valence-electron chi connectivity index (χ3n) is 5.29. The molecule has 0 atom stereocenters. The molecule has 1 fully saturated rings. The van der Waals surface area contributed by atoms with Crippen LogP contribution in [0.2, 0.25) is 0 Å². The Morgan fingerprint density at radius 2 is 1.94 bits per heavy atom. The van der Waals surface area contributed by atoms with Crippen molar-refractivity contribution in [1.82, 2.24) is 24.8 Å². The van der Waals surface area contributed by atoms with Crippen molar-refractivity contribution in [3.8, 4) is 11.4 Å². The van der Waals surface area contributed by atoms with Crippen LogP contribution in [0.4, 0.5) is 5.69 Å². The van der Waals surface area contributed by atoms with E-state index < -0.39 is 0 Å². The zero-order chi connectivity index (χ0) is 21.0. The van der Waals surface area contributed by atoms with E-state index in [1.807, 2.05) is 12.1 Å². The number of pyridine rings is 2. The molecule has 8 nitrogen and oxygen atoms in total. The molecule has 2 N–H and O–H groups in total. The first-order chi connectivity index (χ1) is 15.3. The lowest BCUT2D eigenvalue weighted by atomic mass is 10.1. The van der Waals surface area contributed by atoms with Crippen LogP contribution in [0.15, 0.2) is 61.1 Å². The van der Waals surface area contributed by atoms with Gasteiger partial charge in [0.1, 0.15) is 5.82 Å². The Labute approximate surface area is 179 Å². The number of aromatic nitrogens is 4. The fraction of sp³-hybridized carbons (Fsp3) is 0.217. The van der Waals surface area contributed by atoms with Crippen LogP contribution >= 0.6 is 0 Å². The number of anilines is 1. The van der Waals surface area contributed by atoms with Gasteiger partial charge in [0.2, 0.25) is 0 Å². The summed E-state index contributed by atoms with van der Waals surface area (Å²) < 4.78 is 5.41. The zero-order valence-corrected chi connectivity index (χ0v) is 16.9. The number of morpholine rings is 1. The number of carbonyl (C=O) groups is 1. The number of H-pyrrole nitrogens is 1. The summed E-state index contributed by atoms with van der Waals surface area (Å²) in [7, 11) is 0. The van der Waals surface area contributed by atoms with Gasteiger partial charge in [0.25, 0.3) is 5.91 Å². The van der Waals surface area contributed by atoms with Gasteiger partial charge in [-0.05, 0) is 23.8 Å². The minimum absolute atomic E-state index is 0.239. The number of nitrogens with zero attached hydrogens (tertiary/aromatic N) is 4. The number of fused-ring (bicyclic) bond motifs is 1. The van der Waals surface area contributed by atoms with Crippen molar-refractivity contribution in [2.45, 2.75) is 6.54 Å². The topological polar surface area (TPSA) is 96.0 Å². The van der Waals surface area contributed by atoms with Crippen molar-refractivity contribution in [1.29, 1.82) is 0 Å². The molecule has 0 bridgehead atoms. The normalized spacial score (nSPS) is 14.6. The van der Waals surface area contributed by atoms with Gasteiger partial charge < -0.3 is 15.0 Å². The van der Waals surface area contributed by atoms with E-state index in [0.29, 0.717) is 28.2 Å². The fourth-order valence-corrected chi connectivity index (χ4v) is 3.66. The van der Waals surface area contributed by atoms with Gasteiger partial charge in [0.05, 0.1) is 36.2 Å². The number of rotatable bonds is 5. The van der Waals surface area contributed by atoms with E-state index in [9.17, 15) is 4.79 Å². The smallest absolute Gasteiger partial charge is 0.258 e. The Bertz CT molecular complexity index is 1180. The number of hydrogen-bond donors (Lipinski definition) is 2. The Morgan fingerprint density at radius 3 is 2.71 bits per heavy atom. The number of nitrogens with one attached hydrogen (secondary N) is 2. The quantitative estimate of drug-likeness (QED) is 0.521. The Morgan fingerprint density at radius 1 is 1.10 bits per heavy atom. The lowest BCUT2D eigenvalue weighted by Gasteiger charge is -2.26. The van der Waals surface area contributed by atoms with Crippen LogP contribution in [-0.2, 0) is 11.3 Å². The molecule has 0 unspecified atom stereocenters. The number of ether oxygens (including phenoxy) is 1. The lowest BCUT2D eigenvalue weighted by molar-refractivity contribution is 0.0342. The molecule has 156 valence electrons. The maximum Gasteiger partial charge on any atom is 0.258 e. The molecule has 4 aromatic rings. The predicted molar refractivity (Wildman–Crippen MR) is 118 cm³/mol. The van der Waals surface area contributed by atoms with Crippen molar-refractivity contribution in [2.24, 2.45) is 0 Å². The molecule has 3 aromatic heterocycles. The number of benzene rings is 1. The van der Waals surface area contributed by atoms with Crippen molar-refractivity contribution in [3.05, 3.63) is 72.2 Å². The second-order valence-corrected chi connectivity index (χ2v) is 7.42. The van der Waals surface area contributed by atoms with Crippen molar-refractivity contribution >= 4 is 22.8 Å². The maximum absolute atomic E-state index is 12.8. The first kappa shape index (κ1) is 19.3. The molecule has 8 heteroatoms. The van der Waals surface area contributed by atoms with Crippen LogP contribution in [0.1, 0.15) is 15.9 Å². The molecule has 1 aliphatic rings. The lowest BCUT2D eigenvalue weighted by Crippen LogP contribution is -2.35. The molecular formula is C23H22N6O2. The minimum Gasteiger partial charge on any atom is -0.379 e. The summed E-state index contributed by atoms with van der Waals surface area (Å²) in [6.07, 6.45) is 4.86. The third-order valence-corrected chi connectivity index (χ3v) is 5.29. The summed E-state index contributed by atoms with van der Waals surface area (Å²) >= 11 is 0. The highest BCUT2D eigenvalue weighted by molar-refractivity contribution is 6.11. The average molecular weight is 414 g/mol. The van der Waals surface area contributed by atoms with Gasteiger partial charge >= 0.3 is 0 Å². The van der Waals surface area contributed by atoms with E-state index in [-0.39, 0.29) is 5.91 Å². The van der Waals surface area contributed by atoms with E-state index in [0.717, 1.165) is 38.4 Å². The molecule has 0 saturated carbocycles. The Kier molecular flexibility index (Phi) is 5.39. The number of amides is 1. The molecule has 0 aliphatic carbocycles. The summed E-state index contributed by atoms with van der Waals surface area (Å²) in [6, 6.07) is 13.6. The standard InChI is InChI=1S/C23H22N6O2/c30-23(26-18-2-1-8-24-14-18)19-7-9-25-22-20(19)27-21(28-22)17-5-3-16(4-6-17)15-29-10-12-31-13-11-29/h1-9,14H,10-13,15H2,(H,26,30)(H,25,27,28). The van der Waals surface area contributed by atoms with Gasteiger partial charge in [-0.2, -0.15) is 0 Å². The molecular weight excluding hydrogens is 392 g/mol. The minimum atomic E-state index is -0.239. The zero-order valence-electron chi connectivity index (χ0n) is 16.9. The predicted octanol–water partition coefficient (Wildman–Crippen LogP) is 3.10. The molecule has 4 heterocycles. The highest BCUT2D eigenvalue weighted by Crippen LogP contribution is 2.23. The summed E-state index contributed by atoms with van der Waals surface area (Å²) in [5.41, 5.74) is 4.42. The fourth-order valence-electron chi connectivity index (χ4n) is 3.66. The highest BCUT2D eigenvalue weighted by Gasteiger charge is 2.16. The third kappa shape index (κ3) is 4.30. The summed E-state index contributed by atoms with van der Waals surface area (Å²) in [4.78, 5) is 31.4. The largest absolute Gasteiger partial charge is 0.379 e. The molecule has 0 spiro atoms. The van der Waals surface area contributed by atoms with Crippen LogP contribution in [0, 0.1) is 0 Å². The summed E-state index contributed by atoms with van der Waals surface area (Å²) in [6.45, 7) is 4.41. The Hall–Kier alpha value is -3.62. The van der Waals surface area contributed by atoms with Crippen LogP contribution in [0.5, 0.6) is 0 Å². The second-order valence-electron chi connectivity index (χ2n) is 7.42. The highest BCUT2D eigenvalue weighted by atomic mass is 16.5. The van der Waals surface area contributed by atoms with Gasteiger partial charge in [0, 0.05) is 37.6 Å². The first-order valence-electron chi connectivity index (χ1n) is 10.2. The van der Waals surface area contributed by atoms with Crippen molar-refractivity contribution < 1.29 is 9.53 Å². The molecule has 1 aliphatic heterocycles. The van der Waals surface area contributed by atoms with Gasteiger partial charge in [-0.15, -0.1) is 0 Å². The Balaban J connectivity index is 1.37. The number of hydrogen-bond acceptors (Lipinski definition) is 6. The van der Waals surface area contributed by atoms with Crippen molar-refractivity contribution in [2.75, 3.05) is 31.6 Å². The van der Waals surface area contributed by atoms with Crippen LogP contribution in [0.25, 0.3) is 22.6 Å². The van der Waals surface area contributed by atoms with Gasteiger partial charge in [-0.25, -0.2) is 9.97 Å². The summed E-state index contributed by atoms with van der Waals surface area (Å²) in [5, 5.41) is 2.86. The van der Waals surface area contributed by atoms with Crippen LogP contribution in [0.3, 0.4) is 0 Å². The SMILES string of the molecule is O=C(Nc1cccnc1)c1ccnc2nc(-c3ccc(CN4CCOCC4)cc3)[nH]c12. The molecule has 1 aromatic carbocycles. The molecule has 31 heavy (non-hydrogen) atoms. The van der Waals surface area contributed by atoms with E-state index >= 15 is 0 Å². The van der Waals surface area contributed by atoms with Crippen LogP contribution < -0.4 is 5.32 Å². The summed E-state index contributed by atoms with van der Waals surface area (Å²) in [5.74, 6) is 0.443. The molecule has 5 rings (SSSR count). The second kappa shape index (κ2) is 8.63. The van der Waals surface area contributed by atoms with E-state index in [4.69, 9.17) is 4.74 Å². The van der Waals surface area contributed by atoms with Crippen molar-refractivity contribution in [3.63, 3.8) is 0 Å². The molecule has 1 amide bonds. The average Bonchev–Trinajstić information content (AvgIpc) is 3.25. The monoisotopic (exact) mass is 414 g/mol. The van der Waals surface area contributed by atoms with Gasteiger partial charge in [0.15, 0.2) is 5.65 Å². The number of aromatic amines is 1. The number of carbonyl (C=O) groups excluding carboxylic acids is 1. The molecule has 1 saturated heterocycles. The number of imidazole rings is 1. The maximum atomic E-state index is 12.8. The van der Waals surface area contributed by atoms with E-state index in [1.54, 1.807) is 36.8 Å².